The molecule has 0 fully saturated rings. The summed E-state index contributed by atoms with van der Waals surface area (Å²) in [6, 6.07) is 16.3. The lowest BCUT2D eigenvalue weighted by Gasteiger charge is -1.96. The van der Waals surface area contributed by atoms with Crippen LogP contribution in [-0.2, 0) is 0 Å². The van der Waals surface area contributed by atoms with Gasteiger partial charge in [0.1, 0.15) is 0 Å². The maximum atomic E-state index is 6.33. The van der Waals surface area contributed by atoms with Crippen LogP contribution < -0.4 is 27.1 Å². The van der Waals surface area contributed by atoms with Crippen LogP contribution in [0.2, 0.25) is 0 Å². The first-order valence-corrected chi connectivity index (χ1v) is 8.16. The van der Waals surface area contributed by atoms with Gasteiger partial charge in [0.15, 0.2) is 0 Å². The van der Waals surface area contributed by atoms with Crippen molar-refractivity contribution >= 4 is 23.9 Å². The largest absolute Gasteiger partial charge is 0.395 e. The number of aromatic nitrogens is 4. The Morgan fingerprint density at radius 1 is 0.520 bits per heavy atom. The number of rotatable bonds is 0. The van der Waals surface area contributed by atoms with Gasteiger partial charge in [-0.15, -0.1) is 0 Å². The van der Waals surface area contributed by atoms with E-state index in [9.17, 15) is 0 Å². The van der Waals surface area contributed by atoms with Gasteiger partial charge >= 0.3 is 0 Å². The summed E-state index contributed by atoms with van der Waals surface area (Å²) in [6.07, 6.45) is 6.22. The second-order valence-corrected chi connectivity index (χ2v) is 6.24. The predicted octanol–water partition coefficient (Wildman–Crippen LogP) is -0.0860. The molecule has 1 aliphatic heterocycles. The highest BCUT2D eigenvalue weighted by Crippen LogP contribution is 2.07. The molecule has 0 unspecified atom stereocenters. The van der Waals surface area contributed by atoms with Crippen molar-refractivity contribution in [2.45, 2.75) is 0 Å². The van der Waals surface area contributed by atoms with Crippen LogP contribution in [0.3, 0.4) is 0 Å². The summed E-state index contributed by atoms with van der Waals surface area (Å²) in [5.74, 6) is 0. The number of fused-ring (bicyclic) bond motifs is 8. The summed E-state index contributed by atoms with van der Waals surface area (Å²) in [5, 5.41) is 3.98. The average molecular weight is 327 g/mol. The molecule has 5 heterocycles. The SMILES string of the molecule is NC1=c2ccc([nH]2)=Cc2ccc([nH]2)C=c2ccc([nH]2)=Cc2ccc1[nH]2. The minimum absolute atomic E-state index is 0.694. The van der Waals surface area contributed by atoms with Crippen LogP contribution in [0.5, 0.6) is 0 Å². The van der Waals surface area contributed by atoms with E-state index in [1.165, 1.54) is 0 Å². The van der Waals surface area contributed by atoms with Crippen molar-refractivity contribution in [3.05, 3.63) is 92.7 Å². The van der Waals surface area contributed by atoms with Gasteiger partial charge in [-0.2, -0.15) is 0 Å². The molecule has 0 spiro atoms. The molecule has 1 aliphatic rings. The van der Waals surface area contributed by atoms with E-state index in [0.717, 1.165) is 44.2 Å². The van der Waals surface area contributed by atoms with E-state index in [0.29, 0.717) is 5.70 Å². The molecule has 5 heteroatoms. The molecule has 0 aromatic carbocycles. The molecular formula is C20H17N5. The zero-order valence-corrected chi connectivity index (χ0v) is 13.4. The zero-order chi connectivity index (χ0) is 16.8. The van der Waals surface area contributed by atoms with E-state index in [2.05, 4.69) is 62.4 Å². The number of nitrogens with one attached hydrogen (secondary N) is 4. The van der Waals surface area contributed by atoms with Crippen LogP contribution in [0.15, 0.2) is 48.5 Å². The molecule has 122 valence electrons. The van der Waals surface area contributed by atoms with Crippen LogP contribution >= 0.6 is 0 Å². The van der Waals surface area contributed by atoms with Crippen molar-refractivity contribution in [3.8, 4) is 0 Å². The first-order chi connectivity index (χ1) is 12.2. The molecule has 4 aromatic heterocycles. The minimum Gasteiger partial charge on any atom is -0.395 e. The summed E-state index contributed by atoms with van der Waals surface area (Å²) in [6.45, 7) is 0. The Labute approximate surface area is 142 Å². The van der Waals surface area contributed by atoms with E-state index in [1.807, 2.05) is 24.3 Å². The first-order valence-electron chi connectivity index (χ1n) is 8.16. The minimum atomic E-state index is 0.694. The maximum Gasteiger partial charge on any atom is 0.0792 e. The normalized spacial score (nSPS) is 13.0. The summed E-state index contributed by atoms with van der Waals surface area (Å²) in [4.78, 5) is 13.5. The third-order valence-corrected chi connectivity index (χ3v) is 4.39. The summed E-state index contributed by atoms with van der Waals surface area (Å²) >= 11 is 0. The zero-order valence-electron chi connectivity index (χ0n) is 13.4. The highest BCUT2D eigenvalue weighted by Gasteiger charge is 2.02. The van der Waals surface area contributed by atoms with Crippen LogP contribution in [0, 0.1) is 0 Å². The van der Waals surface area contributed by atoms with E-state index in [1.54, 1.807) is 0 Å². The number of aromatic amines is 4. The van der Waals surface area contributed by atoms with Crippen LogP contribution in [0.1, 0.15) is 22.8 Å². The smallest absolute Gasteiger partial charge is 0.0792 e. The van der Waals surface area contributed by atoms with Gasteiger partial charge in [-0.3, -0.25) is 0 Å². The fourth-order valence-electron chi connectivity index (χ4n) is 3.15. The first kappa shape index (κ1) is 13.8. The van der Waals surface area contributed by atoms with Gasteiger partial charge in [-0.25, -0.2) is 0 Å². The van der Waals surface area contributed by atoms with Crippen molar-refractivity contribution in [3.63, 3.8) is 0 Å². The van der Waals surface area contributed by atoms with Gasteiger partial charge in [-0.05, 0) is 66.8 Å². The van der Waals surface area contributed by atoms with Gasteiger partial charge in [0.05, 0.1) is 16.7 Å². The van der Waals surface area contributed by atoms with Crippen LogP contribution in [-0.4, -0.2) is 19.9 Å². The van der Waals surface area contributed by atoms with E-state index in [4.69, 9.17) is 5.73 Å². The molecule has 0 amide bonds. The molecule has 25 heavy (non-hydrogen) atoms. The Bertz CT molecular complexity index is 1310. The number of hydrogen-bond acceptors (Lipinski definition) is 1. The summed E-state index contributed by atoms with van der Waals surface area (Å²) in [5.41, 5.74) is 11.0. The van der Waals surface area contributed by atoms with Gasteiger partial charge < -0.3 is 25.7 Å². The van der Waals surface area contributed by atoms with Crippen LogP contribution in [0.4, 0.5) is 0 Å². The lowest BCUT2D eigenvalue weighted by atomic mass is 10.3. The van der Waals surface area contributed by atoms with E-state index in [-0.39, 0.29) is 0 Å². The number of nitrogens with two attached hydrogens (primary N) is 1. The van der Waals surface area contributed by atoms with E-state index < -0.39 is 0 Å². The quantitative estimate of drug-likeness (QED) is 0.307. The van der Waals surface area contributed by atoms with Crippen molar-refractivity contribution in [1.82, 2.24) is 19.9 Å². The Kier molecular flexibility index (Phi) is 2.87. The lowest BCUT2D eigenvalue weighted by Crippen LogP contribution is -2.18. The fourth-order valence-corrected chi connectivity index (χ4v) is 3.15. The highest BCUT2D eigenvalue weighted by atomic mass is 14.8. The van der Waals surface area contributed by atoms with Gasteiger partial charge in [0.25, 0.3) is 0 Å². The second kappa shape index (κ2) is 5.21. The second-order valence-electron chi connectivity index (χ2n) is 6.24. The molecule has 6 N–H and O–H groups in total. The monoisotopic (exact) mass is 327 g/mol. The topological polar surface area (TPSA) is 89.2 Å². The molecule has 5 nitrogen and oxygen atoms in total. The number of H-pyrrole nitrogens is 4. The van der Waals surface area contributed by atoms with Crippen molar-refractivity contribution in [1.29, 1.82) is 0 Å². The Morgan fingerprint density at radius 3 is 1.80 bits per heavy atom. The van der Waals surface area contributed by atoms with E-state index >= 15 is 0 Å². The van der Waals surface area contributed by atoms with Gasteiger partial charge in [0, 0.05) is 33.1 Å². The molecule has 0 saturated carbocycles. The third-order valence-electron chi connectivity index (χ3n) is 4.39. The third kappa shape index (κ3) is 2.52. The fraction of sp³-hybridized carbons (Fsp3) is 0. The summed E-state index contributed by atoms with van der Waals surface area (Å²) in [7, 11) is 0. The molecule has 0 atom stereocenters. The highest BCUT2D eigenvalue weighted by molar-refractivity contribution is 5.61. The summed E-state index contributed by atoms with van der Waals surface area (Å²) < 4.78 is 0. The molecule has 0 saturated heterocycles. The Balaban J connectivity index is 1.82. The van der Waals surface area contributed by atoms with Gasteiger partial charge in [0.2, 0.25) is 0 Å². The maximum absolute atomic E-state index is 6.33. The standard InChI is InChI=1S/C20H17N5/c21-20-18-7-5-16(24-18)10-14-3-1-12(22-14)9-13-2-4-15(23-13)11-17-6-8-19(20)25-17/h1-11,22-25H,21H2. The molecule has 5 rings (SSSR count). The number of hydrogen-bond donors (Lipinski definition) is 5. The Morgan fingerprint density at radius 2 is 1.08 bits per heavy atom. The van der Waals surface area contributed by atoms with Gasteiger partial charge in [-0.1, -0.05) is 0 Å². The molecular weight excluding hydrogens is 310 g/mol. The molecule has 0 radical (unpaired) electrons. The molecule has 4 aromatic rings. The Hall–Kier alpha value is -3.60. The van der Waals surface area contributed by atoms with Crippen LogP contribution in [0.25, 0.3) is 23.9 Å². The average Bonchev–Trinajstić information content (AvgIpc) is 3.36. The molecule has 8 bridgehead atoms. The van der Waals surface area contributed by atoms with Crippen molar-refractivity contribution < 1.29 is 0 Å². The van der Waals surface area contributed by atoms with Crippen molar-refractivity contribution in [2.24, 2.45) is 5.73 Å². The molecule has 0 aliphatic carbocycles. The van der Waals surface area contributed by atoms with Crippen molar-refractivity contribution in [2.75, 3.05) is 0 Å². The lowest BCUT2D eigenvalue weighted by molar-refractivity contribution is 1.20. The predicted molar refractivity (Wildman–Crippen MR) is 99.1 cm³/mol.